The summed E-state index contributed by atoms with van der Waals surface area (Å²) in [5.74, 6) is 0. The molecule has 0 radical (unpaired) electrons. The van der Waals surface area contributed by atoms with Gasteiger partial charge >= 0.3 is 0 Å². The SMILES string of the molecule is Cc1cccc(C=NN2CCN(Cc3ccc(Cl)cc3)CC2)c1. The highest BCUT2D eigenvalue weighted by Gasteiger charge is 2.15. The van der Waals surface area contributed by atoms with Gasteiger partial charge in [0.2, 0.25) is 0 Å². The third-order valence-electron chi connectivity index (χ3n) is 4.08. The molecular formula is C19H22ClN3. The maximum atomic E-state index is 5.93. The molecule has 2 aromatic carbocycles. The Kier molecular flexibility index (Phi) is 5.31. The van der Waals surface area contributed by atoms with E-state index in [0.29, 0.717) is 0 Å². The molecule has 0 saturated carbocycles. The third-order valence-corrected chi connectivity index (χ3v) is 4.33. The van der Waals surface area contributed by atoms with Gasteiger partial charge < -0.3 is 0 Å². The second-order valence-corrected chi connectivity index (χ2v) is 6.45. The van der Waals surface area contributed by atoms with Gasteiger partial charge in [-0.2, -0.15) is 5.10 Å². The van der Waals surface area contributed by atoms with Crippen LogP contribution in [0.5, 0.6) is 0 Å². The number of hydrogen-bond acceptors (Lipinski definition) is 3. The molecule has 1 aliphatic heterocycles. The summed E-state index contributed by atoms with van der Waals surface area (Å²) in [5.41, 5.74) is 3.74. The van der Waals surface area contributed by atoms with Crippen molar-refractivity contribution in [3.63, 3.8) is 0 Å². The zero-order valence-electron chi connectivity index (χ0n) is 13.5. The van der Waals surface area contributed by atoms with E-state index in [2.05, 4.69) is 58.3 Å². The fourth-order valence-electron chi connectivity index (χ4n) is 2.76. The standard InChI is InChI=1S/C19H22ClN3/c1-16-3-2-4-18(13-16)14-21-23-11-9-22(10-12-23)15-17-5-7-19(20)8-6-17/h2-8,13-14H,9-12,15H2,1H3. The van der Waals surface area contributed by atoms with Gasteiger partial charge in [0.15, 0.2) is 0 Å². The maximum absolute atomic E-state index is 5.93. The lowest BCUT2D eigenvalue weighted by molar-refractivity contribution is 0.131. The lowest BCUT2D eigenvalue weighted by atomic mass is 10.2. The average Bonchev–Trinajstić information content (AvgIpc) is 2.56. The summed E-state index contributed by atoms with van der Waals surface area (Å²) in [6.45, 7) is 7.09. The van der Waals surface area contributed by atoms with Gasteiger partial charge in [-0.15, -0.1) is 0 Å². The highest BCUT2D eigenvalue weighted by molar-refractivity contribution is 6.30. The molecule has 0 aliphatic carbocycles. The summed E-state index contributed by atoms with van der Waals surface area (Å²) >= 11 is 5.93. The molecule has 23 heavy (non-hydrogen) atoms. The van der Waals surface area contributed by atoms with Crippen LogP contribution in [0.3, 0.4) is 0 Å². The van der Waals surface area contributed by atoms with Crippen molar-refractivity contribution in [2.24, 2.45) is 5.10 Å². The van der Waals surface area contributed by atoms with Crippen molar-refractivity contribution in [3.05, 3.63) is 70.2 Å². The number of piperazine rings is 1. The van der Waals surface area contributed by atoms with Crippen LogP contribution >= 0.6 is 11.6 Å². The minimum Gasteiger partial charge on any atom is -0.295 e. The molecule has 0 bridgehead atoms. The summed E-state index contributed by atoms with van der Waals surface area (Å²) < 4.78 is 0. The van der Waals surface area contributed by atoms with Crippen molar-refractivity contribution in [1.82, 2.24) is 9.91 Å². The van der Waals surface area contributed by atoms with Crippen LogP contribution in [0.25, 0.3) is 0 Å². The Balaban J connectivity index is 1.49. The van der Waals surface area contributed by atoms with Crippen molar-refractivity contribution in [2.45, 2.75) is 13.5 Å². The quantitative estimate of drug-likeness (QED) is 0.795. The number of hydrogen-bond donors (Lipinski definition) is 0. The summed E-state index contributed by atoms with van der Waals surface area (Å²) in [6, 6.07) is 16.5. The number of rotatable bonds is 4. The Labute approximate surface area is 143 Å². The second-order valence-electron chi connectivity index (χ2n) is 6.01. The van der Waals surface area contributed by atoms with Crippen LogP contribution in [0.15, 0.2) is 53.6 Å². The molecular weight excluding hydrogens is 306 g/mol. The molecule has 1 heterocycles. The van der Waals surface area contributed by atoms with Gasteiger partial charge in [-0.05, 0) is 30.2 Å². The van der Waals surface area contributed by atoms with Crippen molar-refractivity contribution >= 4 is 17.8 Å². The molecule has 0 unspecified atom stereocenters. The topological polar surface area (TPSA) is 18.8 Å². The predicted molar refractivity (Wildman–Crippen MR) is 97.1 cm³/mol. The minimum absolute atomic E-state index is 0.795. The molecule has 120 valence electrons. The van der Waals surface area contributed by atoms with Crippen LogP contribution in [-0.2, 0) is 6.54 Å². The van der Waals surface area contributed by atoms with E-state index >= 15 is 0 Å². The van der Waals surface area contributed by atoms with E-state index in [4.69, 9.17) is 11.6 Å². The minimum atomic E-state index is 0.795. The van der Waals surface area contributed by atoms with E-state index in [-0.39, 0.29) is 0 Å². The van der Waals surface area contributed by atoms with Gasteiger partial charge in [0.05, 0.1) is 6.21 Å². The van der Waals surface area contributed by atoms with Crippen molar-refractivity contribution < 1.29 is 0 Å². The lowest BCUT2D eigenvalue weighted by Crippen LogP contribution is -2.43. The summed E-state index contributed by atoms with van der Waals surface area (Å²) in [4.78, 5) is 2.46. The first-order chi connectivity index (χ1) is 11.2. The molecule has 1 aliphatic rings. The zero-order valence-corrected chi connectivity index (χ0v) is 14.2. The van der Waals surface area contributed by atoms with Crippen molar-refractivity contribution in [1.29, 1.82) is 0 Å². The van der Waals surface area contributed by atoms with Gasteiger partial charge in [-0.3, -0.25) is 9.91 Å². The first-order valence-electron chi connectivity index (χ1n) is 8.01. The molecule has 0 N–H and O–H groups in total. The molecule has 0 aromatic heterocycles. The normalized spacial score (nSPS) is 16.2. The van der Waals surface area contributed by atoms with E-state index in [1.54, 1.807) is 0 Å². The highest BCUT2D eigenvalue weighted by atomic mass is 35.5. The second kappa shape index (κ2) is 7.62. The molecule has 0 spiro atoms. The Morgan fingerprint density at radius 2 is 1.78 bits per heavy atom. The van der Waals surface area contributed by atoms with Gasteiger partial charge in [-0.25, -0.2) is 0 Å². The molecule has 0 atom stereocenters. The fourth-order valence-corrected chi connectivity index (χ4v) is 2.88. The number of nitrogens with zero attached hydrogens (tertiary/aromatic N) is 3. The van der Waals surface area contributed by atoms with Gasteiger partial charge in [0.1, 0.15) is 0 Å². The van der Waals surface area contributed by atoms with E-state index in [1.807, 2.05) is 18.3 Å². The molecule has 0 amide bonds. The van der Waals surface area contributed by atoms with Crippen molar-refractivity contribution in [3.8, 4) is 0 Å². The Morgan fingerprint density at radius 1 is 1.04 bits per heavy atom. The van der Waals surface area contributed by atoms with E-state index in [9.17, 15) is 0 Å². The highest BCUT2D eigenvalue weighted by Crippen LogP contribution is 2.13. The van der Waals surface area contributed by atoms with Crippen LogP contribution in [0.1, 0.15) is 16.7 Å². The van der Waals surface area contributed by atoms with Crippen LogP contribution in [-0.4, -0.2) is 42.3 Å². The fraction of sp³-hybridized carbons (Fsp3) is 0.316. The first-order valence-corrected chi connectivity index (χ1v) is 8.39. The Morgan fingerprint density at radius 3 is 2.48 bits per heavy atom. The maximum Gasteiger partial charge on any atom is 0.0543 e. The van der Waals surface area contributed by atoms with E-state index in [1.165, 1.54) is 11.1 Å². The Hall–Kier alpha value is -1.84. The summed E-state index contributed by atoms with van der Waals surface area (Å²) in [5, 5.41) is 7.56. The monoisotopic (exact) mass is 327 g/mol. The van der Waals surface area contributed by atoms with Crippen molar-refractivity contribution in [2.75, 3.05) is 26.2 Å². The first kappa shape index (κ1) is 16.0. The molecule has 2 aromatic rings. The average molecular weight is 328 g/mol. The molecule has 3 nitrogen and oxygen atoms in total. The van der Waals surface area contributed by atoms with Crippen LogP contribution in [0, 0.1) is 6.92 Å². The van der Waals surface area contributed by atoms with Gasteiger partial charge in [0, 0.05) is 37.7 Å². The number of aryl methyl sites for hydroxylation is 1. The van der Waals surface area contributed by atoms with Crippen LogP contribution in [0.2, 0.25) is 5.02 Å². The molecule has 3 rings (SSSR count). The lowest BCUT2D eigenvalue weighted by Gasteiger charge is -2.33. The van der Waals surface area contributed by atoms with Gasteiger partial charge in [-0.1, -0.05) is 53.6 Å². The predicted octanol–water partition coefficient (Wildman–Crippen LogP) is 3.80. The van der Waals surface area contributed by atoms with Crippen LogP contribution in [0.4, 0.5) is 0 Å². The van der Waals surface area contributed by atoms with Crippen LogP contribution < -0.4 is 0 Å². The largest absolute Gasteiger partial charge is 0.295 e. The van der Waals surface area contributed by atoms with E-state index in [0.717, 1.165) is 43.3 Å². The Bertz CT molecular complexity index is 659. The smallest absolute Gasteiger partial charge is 0.0543 e. The molecule has 1 fully saturated rings. The molecule has 4 heteroatoms. The summed E-state index contributed by atoms with van der Waals surface area (Å²) in [6.07, 6.45) is 1.96. The molecule has 1 saturated heterocycles. The summed E-state index contributed by atoms with van der Waals surface area (Å²) in [7, 11) is 0. The number of hydrazone groups is 1. The van der Waals surface area contributed by atoms with Gasteiger partial charge in [0.25, 0.3) is 0 Å². The number of halogens is 1. The number of benzene rings is 2. The zero-order chi connectivity index (χ0) is 16.1. The third kappa shape index (κ3) is 4.81. The van der Waals surface area contributed by atoms with E-state index < -0.39 is 0 Å².